The number of Topliss-reactive ketones (excluding diaryl/α,β-unsaturated/α-hetero) is 1. The smallest absolute Gasteiger partial charge is 0.343 e. The van der Waals surface area contributed by atoms with E-state index >= 15 is 0 Å². The summed E-state index contributed by atoms with van der Waals surface area (Å²) in [5.74, 6) is -1.55. The van der Waals surface area contributed by atoms with Gasteiger partial charge in [0.25, 0.3) is 5.56 Å². The minimum atomic E-state index is -0.805. The average Bonchev–Trinajstić information content (AvgIpc) is 2.65. The number of thioether (sulfide) groups is 1. The van der Waals surface area contributed by atoms with Crippen molar-refractivity contribution in [1.29, 1.82) is 0 Å². The maximum Gasteiger partial charge on any atom is 0.343 e. The molecule has 11 nitrogen and oxygen atoms in total. The van der Waals surface area contributed by atoms with Crippen molar-refractivity contribution in [2.45, 2.75) is 24.3 Å². The summed E-state index contributed by atoms with van der Waals surface area (Å²) in [6, 6.07) is 0. The summed E-state index contributed by atoms with van der Waals surface area (Å²) < 4.78 is 6.68. The summed E-state index contributed by atoms with van der Waals surface area (Å²) in [5.41, 5.74) is 9.87. The van der Waals surface area contributed by atoms with Crippen molar-refractivity contribution in [3.8, 4) is 0 Å². The van der Waals surface area contributed by atoms with E-state index in [1.165, 1.54) is 27.2 Å². The van der Waals surface area contributed by atoms with Gasteiger partial charge in [-0.15, -0.1) is 0 Å². The summed E-state index contributed by atoms with van der Waals surface area (Å²) in [5, 5.41) is -0.674. The third-order valence-electron chi connectivity index (χ3n) is 3.90. The average molecular weight is 408 g/mol. The third-order valence-corrected chi connectivity index (χ3v) is 4.87. The molecular formula is C16H20N6O5S. The minimum absolute atomic E-state index is 0.0151. The van der Waals surface area contributed by atoms with E-state index in [2.05, 4.69) is 9.97 Å². The molecule has 1 unspecified atom stereocenters. The molecule has 0 saturated carbocycles. The lowest BCUT2D eigenvalue weighted by molar-refractivity contribution is 0.0526. The van der Waals surface area contributed by atoms with E-state index in [0.717, 1.165) is 20.9 Å². The predicted molar refractivity (Wildman–Crippen MR) is 103 cm³/mol. The van der Waals surface area contributed by atoms with Crippen LogP contribution >= 0.6 is 11.8 Å². The van der Waals surface area contributed by atoms with Crippen molar-refractivity contribution >= 4 is 35.2 Å². The van der Waals surface area contributed by atoms with E-state index in [0.29, 0.717) is 0 Å². The van der Waals surface area contributed by atoms with Crippen molar-refractivity contribution in [3.05, 3.63) is 38.2 Å². The van der Waals surface area contributed by atoms with Gasteiger partial charge in [0.05, 0.1) is 11.9 Å². The highest BCUT2D eigenvalue weighted by atomic mass is 32.2. The molecule has 0 bridgehead atoms. The Morgan fingerprint density at radius 1 is 1.25 bits per heavy atom. The number of ketones is 1. The molecule has 0 aliphatic rings. The van der Waals surface area contributed by atoms with Gasteiger partial charge < -0.3 is 16.2 Å². The quantitative estimate of drug-likeness (QED) is 0.277. The van der Waals surface area contributed by atoms with Crippen LogP contribution in [0, 0.1) is 0 Å². The molecule has 0 amide bonds. The number of nitrogens with two attached hydrogens (primary N) is 2. The first-order valence-electron chi connectivity index (χ1n) is 8.16. The summed E-state index contributed by atoms with van der Waals surface area (Å²) in [6.45, 7) is 3.37. The highest BCUT2D eigenvalue weighted by Gasteiger charge is 2.26. The van der Waals surface area contributed by atoms with Crippen molar-refractivity contribution < 1.29 is 14.3 Å². The minimum Gasteiger partial charge on any atom is -0.462 e. The molecule has 0 saturated heterocycles. The maximum atomic E-state index is 12.8. The molecule has 2 aromatic rings. The molecule has 2 aromatic heterocycles. The molecule has 0 aliphatic carbocycles. The Balaban J connectivity index is 2.32. The molecule has 28 heavy (non-hydrogen) atoms. The lowest BCUT2D eigenvalue weighted by Gasteiger charge is -2.14. The molecule has 0 aromatic carbocycles. The van der Waals surface area contributed by atoms with Crippen LogP contribution in [0.3, 0.4) is 0 Å². The molecule has 0 radical (unpaired) electrons. The highest BCUT2D eigenvalue weighted by molar-refractivity contribution is 8.00. The molecule has 150 valence electrons. The normalized spacial score (nSPS) is 11.9. The van der Waals surface area contributed by atoms with Crippen LogP contribution in [0.2, 0.25) is 0 Å². The monoisotopic (exact) mass is 408 g/mol. The SMILES string of the molecule is CCOC(=O)c1cnc(SC(C)C(=O)c2c(N)n(C)c(=O)n(C)c2=O)nc1N. The number of anilines is 2. The van der Waals surface area contributed by atoms with E-state index in [-0.39, 0.29) is 34.5 Å². The lowest BCUT2D eigenvalue weighted by atomic mass is 10.1. The molecule has 0 aliphatic heterocycles. The van der Waals surface area contributed by atoms with Crippen LogP contribution in [0.1, 0.15) is 34.6 Å². The Morgan fingerprint density at radius 3 is 2.46 bits per heavy atom. The van der Waals surface area contributed by atoms with E-state index in [9.17, 15) is 19.2 Å². The van der Waals surface area contributed by atoms with Gasteiger partial charge >= 0.3 is 11.7 Å². The largest absolute Gasteiger partial charge is 0.462 e. The molecule has 12 heteroatoms. The maximum absolute atomic E-state index is 12.8. The van der Waals surface area contributed by atoms with Gasteiger partial charge in [0, 0.05) is 20.3 Å². The Kier molecular flexibility index (Phi) is 6.23. The Labute approximate surface area is 163 Å². The van der Waals surface area contributed by atoms with E-state index < -0.39 is 28.3 Å². The van der Waals surface area contributed by atoms with Crippen molar-refractivity contribution in [2.24, 2.45) is 14.1 Å². The van der Waals surface area contributed by atoms with Crippen molar-refractivity contribution in [2.75, 3.05) is 18.1 Å². The first-order valence-corrected chi connectivity index (χ1v) is 9.04. The molecule has 1 atom stereocenters. The summed E-state index contributed by atoms with van der Waals surface area (Å²) in [7, 11) is 2.63. The van der Waals surface area contributed by atoms with Crippen molar-refractivity contribution in [1.82, 2.24) is 19.1 Å². The number of esters is 1. The van der Waals surface area contributed by atoms with Crippen molar-refractivity contribution in [3.63, 3.8) is 0 Å². The summed E-state index contributed by atoms with van der Waals surface area (Å²) in [4.78, 5) is 56.7. The predicted octanol–water partition coefficient (Wildman–Crippen LogP) is -0.421. The lowest BCUT2D eigenvalue weighted by Crippen LogP contribution is -2.42. The van der Waals surface area contributed by atoms with Crippen LogP contribution in [-0.2, 0) is 18.8 Å². The number of hydrogen-bond donors (Lipinski definition) is 2. The number of ether oxygens (including phenoxy) is 1. The second-order valence-corrected chi connectivity index (χ2v) is 7.07. The molecule has 0 fully saturated rings. The standard InChI is InChI=1S/C16H20N6O5S/c1-5-27-14(25)8-6-19-15(20-11(8)17)28-7(2)10(23)9-12(18)21(3)16(26)22(4)13(9)24/h6-7H,5,18H2,1-4H3,(H2,17,19,20). The third kappa shape index (κ3) is 3.91. The van der Waals surface area contributed by atoms with Crippen LogP contribution in [0.4, 0.5) is 11.6 Å². The zero-order chi connectivity index (χ0) is 21.2. The number of carbonyl (C=O) groups excluding carboxylic acids is 2. The number of carbonyl (C=O) groups is 2. The zero-order valence-corrected chi connectivity index (χ0v) is 16.6. The summed E-state index contributed by atoms with van der Waals surface area (Å²) >= 11 is 0.933. The summed E-state index contributed by atoms with van der Waals surface area (Å²) in [6.07, 6.45) is 1.21. The number of aromatic nitrogens is 4. The Bertz CT molecular complexity index is 1060. The van der Waals surface area contributed by atoms with Gasteiger partial charge in [-0.3, -0.25) is 18.7 Å². The van der Waals surface area contributed by atoms with E-state index in [1.54, 1.807) is 6.92 Å². The fraction of sp³-hybridized carbons (Fsp3) is 0.375. The second kappa shape index (κ2) is 8.25. The van der Waals surface area contributed by atoms with Crippen LogP contribution in [0.25, 0.3) is 0 Å². The van der Waals surface area contributed by atoms with E-state index in [1.807, 2.05) is 0 Å². The first kappa shape index (κ1) is 21.2. The molecule has 2 heterocycles. The number of rotatable bonds is 6. The van der Waals surface area contributed by atoms with Gasteiger partial charge in [0.1, 0.15) is 22.8 Å². The number of nitrogen functional groups attached to an aromatic ring is 2. The fourth-order valence-corrected chi connectivity index (χ4v) is 3.11. The van der Waals surface area contributed by atoms with Crippen LogP contribution in [0.5, 0.6) is 0 Å². The van der Waals surface area contributed by atoms with Gasteiger partial charge in [-0.05, 0) is 13.8 Å². The van der Waals surface area contributed by atoms with Crippen LogP contribution in [-0.4, -0.2) is 42.7 Å². The number of hydrogen-bond acceptors (Lipinski definition) is 10. The fourth-order valence-electron chi connectivity index (χ4n) is 2.31. The van der Waals surface area contributed by atoms with Crippen LogP contribution in [0.15, 0.2) is 20.9 Å². The van der Waals surface area contributed by atoms with Gasteiger partial charge in [-0.2, -0.15) is 0 Å². The molecule has 4 N–H and O–H groups in total. The molecule has 2 rings (SSSR count). The van der Waals surface area contributed by atoms with Gasteiger partial charge in [-0.1, -0.05) is 11.8 Å². The van der Waals surface area contributed by atoms with Crippen LogP contribution < -0.4 is 22.7 Å². The Morgan fingerprint density at radius 2 is 1.89 bits per heavy atom. The second-order valence-electron chi connectivity index (χ2n) is 5.76. The molecule has 0 spiro atoms. The van der Waals surface area contributed by atoms with E-state index in [4.69, 9.17) is 16.2 Å². The topological polar surface area (TPSA) is 165 Å². The Hall–Kier alpha value is -3.15. The van der Waals surface area contributed by atoms with Gasteiger partial charge in [-0.25, -0.2) is 19.6 Å². The highest BCUT2D eigenvalue weighted by Crippen LogP contribution is 2.24. The number of nitrogens with zero attached hydrogens (tertiary/aromatic N) is 4. The van der Waals surface area contributed by atoms with Gasteiger partial charge in [0.15, 0.2) is 10.9 Å². The molecular weight excluding hydrogens is 388 g/mol. The first-order chi connectivity index (χ1) is 13.1. The zero-order valence-electron chi connectivity index (χ0n) is 15.8. The van der Waals surface area contributed by atoms with Gasteiger partial charge in [0.2, 0.25) is 0 Å².